The van der Waals surface area contributed by atoms with Crippen LogP contribution in [0, 0.1) is 11.8 Å². The molecule has 220 valence electrons. The number of amides is 3. The van der Waals surface area contributed by atoms with Crippen molar-refractivity contribution in [1.29, 1.82) is 0 Å². The zero-order valence-corrected chi connectivity index (χ0v) is 23.6. The number of nitrogens with zero attached hydrogens (tertiary/aromatic N) is 2. The van der Waals surface area contributed by atoms with Crippen LogP contribution in [0.4, 0.5) is 0 Å². The minimum atomic E-state index is -1.38. The monoisotopic (exact) mass is 565 g/mol. The summed E-state index contributed by atoms with van der Waals surface area (Å²) in [6, 6.07) is 7.51. The highest BCUT2D eigenvalue weighted by Gasteiger charge is 2.71. The average molecular weight is 566 g/mol. The van der Waals surface area contributed by atoms with Gasteiger partial charge in [0.2, 0.25) is 17.7 Å². The molecule has 3 amide bonds. The molecule has 10 nitrogen and oxygen atoms in total. The Labute approximate surface area is 240 Å². The summed E-state index contributed by atoms with van der Waals surface area (Å²) in [6.45, 7) is 3.99. The van der Waals surface area contributed by atoms with Crippen molar-refractivity contribution in [2.24, 2.45) is 11.8 Å². The van der Waals surface area contributed by atoms with Gasteiger partial charge in [-0.25, -0.2) is 0 Å². The van der Waals surface area contributed by atoms with Gasteiger partial charge in [0.1, 0.15) is 18.2 Å². The largest absolute Gasteiger partial charge is 0.463 e. The fourth-order valence-electron chi connectivity index (χ4n) is 6.77. The molecule has 4 aliphatic heterocycles. The Kier molecular flexibility index (Phi) is 8.60. The number of carbonyl (C=O) groups excluding carboxylic acids is 4. The van der Waals surface area contributed by atoms with E-state index >= 15 is 0 Å². The van der Waals surface area contributed by atoms with Crippen molar-refractivity contribution in [1.82, 2.24) is 15.1 Å². The number of hydrogen-bond acceptors (Lipinski definition) is 7. The predicted octanol–water partition coefficient (Wildman–Crippen LogP) is 1.90. The number of esters is 1. The fourth-order valence-corrected chi connectivity index (χ4v) is 6.77. The van der Waals surface area contributed by atoms with Crippen molar-refractivity contribution < 1.29 is 33.8 Å². The maximum Gasteiger partial charge on any atom is 0.306 e. The highest BCUT2D eigenvalue weighted by molar-refractivity contribution is 5.99. The topological polar surface area (TPSA) is 125 Å². The second-order valence-electron chi connectivity index (χ2n) is 11.2. The summed E-state index contributed by atoms with van der Waals surface area (Å²) in [7, 11) is 0. The number of nitrogens with one attached hydrogen (secondary N) is 1. The number of allylic oxidation sites excluding steroid dienone is 1. The van der Waals surface area contributed by atoms with Crippen LogP contribution in [0.25, 0.3) is 0 Å². The number of ether oxygens (including phenoxy) is 2. The molecule has 1 unspecified atom stereocenters. The van der Waals surface area contributed by atoms with Crippen LogP contribution in [0.3, 0.4) is 0 Å². The number of aliphatic hydroxyl groups excluding tert-OH is 1. The van der Waals surface area contributed by atoms with Gasteiger partial charge in [-0.05, 0) is 25.3 Å². The smallest absolute Gasteiger partial charge is 0.306 e. The second-order valence-corrected chi connectivity index (χ2v) is 11.2. The van der Waals surface area contributed by atoms with Gasteiger partial charge in [-0.1, -0.05) is 68.0 Å². The quantitative estimate of drug-likeness (QED) is 0.399. The van der Waals surface area contributed by atoms with Crippen LogP contribution in [-0.4, -0.2) is 88.7 Å². The highest BCUT2D eigenvalue weighted by atomic mass is 16.5. The van der Waals surface area contributed by atoms with Gasteiger partial charge >= 0.3 is 5.97 Å². The number of β-amino-alcohol motifs (C(OH)–C–C–N with tert-alkyl or cyclic N) is 1. The molecule has 7 atom stereocenters. The molecule has 1 spiro atoms. The van der Waals surface area contributed by atoms with E-state index in [1.807, 2.05) is 43.3 Å². The maximum absolute atomic E-state index is 14.2. The van der Waals surface area contributed by atoms with Gasteiger partial charge in [-0.15, -0.1) is 0 Å². The average Bonchev–Trinajstić information content (AvgIpc) is 3.33. The van der Waals surface area contributed by atoms with Crippen molar-refractivity contribution in [3.63, 3.8) is 0 Å². The van der Waals surface area contributed by atoms with Crippen molar-refractivity contribution in [3.8, 4) is 0 Å². The molecule has 1 aromatic carbocycles. The van der Waals surface area contributed by atoms with Gasteiger partial charge in [-0.3, -0.25) is 19.2 Å². The number of benzene rings is 1. The summed E-state index contributed by atoms with van der Waals surface area (Å²) in [5, 5.41) is 12.9. The van der Waals surface area contributed by atoms with E-state index in [9.17, 15) is 24.3 Å². The van der Waals surface area contributed by atoms with E-state index in [4.69, 9.17) is 9.47 Å². The summed E-state index contributed by atoms with van der Waals surface area (Å²) in [5.74, 6) is -3.36. The number of cyclic esters (lactones) is 1. The SMILES string of the molecule is CCCC(C)N1CC=C[C@]23O[C@@H]4/C=C\CCC(=O)OC[C@@H](c5ccccc5)NC(=O)[C@@H]4[C@H]2C(=O)N(CCO)[C@@H]3C1=O. The van der Waals surface area contributed by atoms with E-state index < -0.39 is 47.4 Å². The fraction of sp³-hybridized carbons (Fsp3) is 0.548. The number of aliphatic hydroxyl groups is 1. The highest BCUT2D eigenvalue weighted by Crippen LogP contribution is 2.53. The van der Waals surface area contributed by atoms with Gasteiger partial charge < -0.3 is 29.7 Å². The molecule has 0 aliphatic carbocycles. The molecule has 2 N–H and O–H groups in total. The van der Waals surface area contributed by atoms with Crippen molar-refractivity contribution in [3.05, 3.63) is 60.2 Å². The third-order valence-electron chi connectivity index (χ3n) is 8.68. The number of hydrogen-bond donors (Lipinski definition) is 2. The zero-order chi connectivity index (χ0) is 29.1. The molecule has 1 aromatic rings. The lowest BCUT2D eigenvalue weighted by atomic mass is 9.77. The molecular weight excluding hydrogens is 526 g/mol. The molecule has 4 aliphatic rings. The summed E-state index contributed by atoms with van der Waals surface area (Å²) >= 11 is 0. The number of carbonyl (C=O) groups is 4. The first kappa shape index (κ1) is 29.0. The first-order valence-corrected chi connectivity index (χ1v) is 14.6. The molecule has 4 heterocycles. The molecule has 0 radical (unpaired) electrons. The Bertz CT molecular complexity index is 1220. The minimum absolute atomic E-state index is 0.0435. The maximum atomic E-state index is 14.2. The molecule has 5 rings (SSSR count). The van der Waals surface area contributed by atoms with Crippen LogP contribution in [0.1, 0.15) is 51.1 Å². The van der Waals surface area contributed by atoms with E-state index in [2.05, 4.69) is 12.2 Å². The zero-order valence-electron chi connectivity index (χ0n) is 23.6. The third kappa shape index (κ3) is 5.30. The van der Waals surface area contributed by atoms with E-state index in [0.29, 0.717) is 13.0 Å². The molecule has 10 heteroatoms. The minimum Gasteiger partial charge on any atom is -0.463 e. The van der Waals surface area contributed by atoms with Gasteiger partial charge in [-0.2, -0.15) is 0 Å². The molecule has 0 saturated carbocycles. The number of rotatable bonds is 6. The molecular formula is C31H39N3O7. The van der Waals surface area contributed by atoms with E-state index in [1.165, 1.54) is 4.90 Å². The van der Waals surface area contributed by atoms with Crippen molar-refractivity contribution in [2.75, 3.05) is 26.3 Å². The van der Waals surface area contributed by atoms with E-state index in [1.54, 1.807) is 23.1 Å². The summed E-state index contributed by atoms with van der Waals surface area (Å²) in [4.78, 5) is 57.9. The first-order chi connectivity index (χ1) is 19.8. The van der Waals surface area contributed by atoms with Crippen LogP contribution < -0.4 is 5.32 Å². The predicted molar refractivity (Wildman–Crippen MR) is 149 cm³/mol. The van der Waals surface area contributed by atoms with Crippen molar-refractivity contribution in [2.45, 2.75) is 69.4 Å². The van der Waals surface area contributed by atoms with Crippen LogP contribution in [0.2, 0.25) is 0 Å². The third-order valence-corrected chi connectivity index (χ3v) is 8.68. The first-order valence-electron chi connectivity index (χ1n) is 14.6. The van der Waals surface area contributed by atoms with Crippen LogP contribution in [-0.2, 0) is 28.7 Å². The lowest BCUT2D eigenvalue weighted by Crippen LogP contribution is -2.57. The van der Waals surface area contributed by atoms with Gasteiger partial charge in [0.05, 0.1) is 30.6 Å². The molecule has 2 saturated heterocycles. The van der Waals surface area contributed by atoms with Gasteiger partial charge in [0.15, 0.2) is 0 Å². The van der Waals surface area contributed by atoms with Gasteiger partial charge in [0, 0.05) is 25.6 Å². The number of fused-ring (bicyclic) bond motifs is 2. The molecule has 0 bridgehead atoms. The Morgan fingerprint density at radius 3 is 2.63 bits per heavy atom. The molecule has 41 heavy (non-hydrogen) atoms. The van der Waals surface area contributed by atoms with Gasteiger partial charge in [0.25, 0.3) is 0 Å². The molecule has 0 aromatic heterocycles. The molecule has 2 fully saturated rings. The summed E-state index contributed by atoms with van der Waals surface area (Å²) < 4.78 is 12.2. The van der Waals surface area contributed by atoms with Crippen LogP contribution in [0.5, 0.6) is 0 Å². The lowest BCUT2D eigenvalue weighted by Gasteiger charge is -2.37. The summed E-state index contributed by atoms with van der Waals surface area (Å²) in [6.07, 6.45) is 8.59. The second kappa shape index (κ2) is 12.2. The van der Waals surface area contributed by atoms with Crippen LogP contribution >= 0.6 is 0 Å². The Hall–Kier alpha value is -3.50. The Morgan fingerprint density at radius 1 is 1.12 bits per heavy atom. The Balaban J connectivity index is 1.57. The normalized spacial score (nSPS) is 33.5. The van der Waals surface area contributed by atoms with E-state index in [-0.39, 0.29) is 44.1 Å². The summed E-state index contributed by atoms with van der Waals surface area (Å²) in [5.41, 5.74) is -0.621. The lowest BCUT2D eigenvalue weighted by molar-refractivity contribution is -0.149. The van der Waals surface area contributed by atoms with E-state index in [0.717, 1.165) is 18.4 Å². The van der Waals surface area contributed by atoms with Crippen molar-refractivity contribution >= 4 is 23.7 Å². The number of likely N-dealkylation sites (tertiary alicyclic amines) is 1. The standard InChI is InChI=1S/C31H39N3O7/c1-3-10-20(2)33-16-9-15-31-26(29(38)34(17-18-35)27(31)30(33)39)25-23(41-31)13-7-8-14-24(36)40-19-22(32-28(25)37)21-11-5-4-6-12-21/h4-7,9,11-13,15,20,22-23,25-27,35H,3,8,10,14,16-19H2,1-2H3,(H,32,37)/b13-7-/t20?,22-,23+,25-,26-,27+,31-/m0/s1. The van der Waals surface area contributed by atoms with Crippen LogP contribution in [0.15, 0.2) is 54.6 Å². The Morgan fingerprint density at radius 2 is 1.90 bits per heavy atom.